The van der Waals surface area contributed by atoms with Crippen LogP contribution in [-0.2, 0) is 23.9 Å². The zero-order valence-electron chi connectivity index (χ0n) is 14.0. The first kappa shape index (κ1) is 18.1. The Morgan fingerprint density at radius 1 is 1.28 bits per heavy atom. The first-order valence-corrected chi connectivity index (χ1v) is 9.91. The van der Waals surface area contributed by atoms with Crippen LogP contribution in [0.15, 0.2) is 29.4 Å². The fraction of sp³-hybridized carbons (Fsp3) is 0.562. The quantitative estimate of drug-likeness (QED) is 0.715. The summed E-state index contributed by atoms with van der Waals surface area (Å²) >= 11 is 0. The van der Waals surface area contributed by atoms with Crippen molar-refractivity contribution in [2.45, 2.75) is 6.10 Å². The molecule has 0 saturated carbocycles. The van der Waals surface area contributed by atoms with E-state index in [2.05, 4.69) is 10.1 Å². The number of hydrogen-bond acceptors (Lipinski definition) is 8. The summed E-state index contributed by atoms with van der Waals surface area (Å²) in [5.41, 5.74) is 2.53. The van der Waals surface area contributed by atoms with E-state index in [4.69, 9.17) is 13.8 Å². The minimum Gasteiger partial charge on any atom is -0.396 e. The van der Waals surface area contributed by atoms with E-state index < -0.39 is 22.1 Å². The number of aliphatic hydroxyl groups is 1. The fourth-order valence-electron chi connectivity index (χ4n) is 2.91. The van der Waals surface area contributed by atoms with Crippen LogP contribution in [0, 0.1) is 5.92 Å². The molecule has 2 atom stereocenters. The van der Waals surface area contributed by atoms with Gasteiger partial charge in [0.2, 0.25) is 0 Å². The van der Waals surface area contributed by atoms with Gasteiger partial charge in [0.15, 0.2) is 6.10 Å². The Morgan fingerprint density at radius 2 is 1.96 bits per heavy atom. The third kappa shape index (κ3) is 4.49. The molecule has 25 heavy (non-hydrogen) atoms. The smallest absolute Gasteiger partial charge is 0.264 e. The lowest BCUT2D eigenvalue weighted by Crippen LogP contribution is -2.36. The van der Waals surface area contributed by atoms with Gasteiger partial charge in [0.25, 0.3) is 10.1 Å². The highest BCUT2D eigenvalue weighted by Gasteiger charge is 2.35. The van der Waals surface area contributed by atoms with E-state index in [-0.39, 0.29) is 13.2 Å². The van der Waals surface area contributed by atoms with Gasteiger partial charge in [-0.15, -0.1) is 0 Å². The van der Waals surface area contributed by atoms with Crippen LogP contribution in [0.5, 0.6) is 0 Å². The van der Waals surface area contributed by atoms with Crippen LogP contribution in [0.4, 0.5) is 5.69 Å². The highest BCUT2D eigenvalue weighted by atomic mass is 32.2. The number of rotatable bonds is 6. The van der Waals surface area contributed by atoms with E-state index in [9.17, 15) is 13.5 Å². The summed E-state index contributed by atoms with van der Waals surface area (Å²) in [5, 5.41) is 13.7. The molecule has 0 aromatic heterocycles. The molecule has 0 aliphatic carbocycles. The fourth-order valence-corrected chi connectivity index (χ4v) is 3.30. The van der Waals surface area contributed by atoms with Gasteiger partial charge in [0.1, 0.15) is 6.61 Å². The Labute approximate surface area is 147 Å². The molecule has 0 amide bonds. The van der Waals surface area contributed by atoms with Gasteiger partial charge < -0.3 is 19.6 Å². The maximum atomic E-state index is 11.1. The van der Waals surface area contributed by atoms with Gasteiger partial charge in [-0.2, -0.15) is 8.42 Å². The van der Waals surface area contributed by atoms with Crippen molar-refractivity contribution in [3.63, 3.8) is 0 Å². The zero-order valence-corrected chi connectivity index (χ0v) is 14.8. The molecular weight excluding hydrogens is 348 g/mol. The standard InChI is InChI=1S/C16H22N2O6S/c1-25(20,21)23-11-15-14(10-19)16(17-24-15)12-2-4-13(5-3-12)18-6-8-22-9-7-18/h2-5,14-15,19H,6-11H2,1H3. The molecule has 2 aliphatic heterocycles. The number of anilines is 1. The molecule has 0 radical (unpaired) electrons. The van der Waals surface area contributed by atoms with Crippen molar-refractivity contribution in [3.05, 3.63) is 29.8 Å². The number of hydrogen-bond donors (Lipinski definition) is 1. The number of ether oxygens (including phenoxy) is 1. The molecule has 2 unspecified atom stereocenters. The van der Waals surface area contributed by atoms with Crippen molar-refractivity contribution >= 4 is 21.5 Å². The lowest BCUT2D eigenvalue weighted by molar-refractivity contribution is 0.0154. The van der Waals surface area contributed by atoms with E-state index in [0.717, 1.165) is 43.8 Å². The highest BCUT2D eigenvalue weighted by Crippen LogP contribution is 2.25. The third-order valence-electron chi connectivity index (χ3n) is 4.27. The normalized spacial score (nSPS) is 24.1. The topological polar surface area (TPSA) is 97.7 Å². The van der Waals surface area contributed by atoms with Crippen LogP contribution in [-0.4, -0.2) is 71.1 Å². The van der Waals surface area contributed by atoms with Crippen LogP contribution < -0.4 is 4.90 Å². The zero-order chi connectivity index (χ0) is 17.9. The molecule has 1 N–H and O–H groups in total. The maximum absolute atomic E-state index is 11.1. The van der Waals surface area contributed by atoms with Crippen LogP contribution in [0.2, 0.25) is 0 Å². The average molecular weight is 370 g/mol. The van der Waals surface area contributed by atoms with Gasteiger partial charge in [-0.25, -0.2) is 0 Å². The maximum Gasteiger partial charge on any atom is 0.264 e. The molecule has 8 nitrogen and oxygen atoms in total. The molecule has 1 aromatic carbocycles. The molecule has 1 saturated heterocycles. The Bertz CT molecular complexity index is 713. The molecule has 2 aliphatic rings. The van der Waals surface area contributed by atoms with Crippen molar-refractivity contribution in [2.75, 3.05) is 50.7 Å². The first-order valence-electron chi connectivity index (χ1n) is 8.10. The van der Waals surface area contributed by atoms with Gasteiger partial charge in [-0.1, -0.05) is 17.3 Å². The number of benzene rings is 1. The van der Waals surface area contributed by atoms with E-state index >= 15 is 0 Å². The molecule has 9 heteroatoms. The van der Waals surface area contributed by atoms with Gasteiger partial charge >= 0.3 is 0 Å². The lowest BCUT2D eigenvalue weighted by Gasteiger charge is -2.29. The van der Waals surface area contributed by atoms with Crippen LogP contribution in [0.1, 0.15) is 5.56 Å². The van der Waals surface area contributed by atoms with Crippen LogP contribution >= 0.6 is 0 Å². The van der Waals surface area contributed by atoms with E-state index in [1.54, 1.807) is 0 Å². The summed E-state index contributed by atoms with van der Waals surface area (Å²) in [6.45, 7) is 2.76. The van der Waals surface area contributed by atoms with Crippen LogP contribution in [0.3, 0.4) is 0 Å². The molecule has 0 spiro atoms. The highest BCUT2D eigenvalue weighted by molar-refractivity contribution is 7.85. The summed E-state index contributed by atoms with van der Waals surface area (Å²) in [7, 11) is -3.57. The molecule has 0 bridgehead atoms. The second-order valence-corrected chi connectivity index (χ2v) is 7.69. The number of nitrogens with zero attached hydrogens (tertiary/aromatic N) is 2. The summed E-state index contributed by atoms with van der Waals surface area (Å²) in [6.07, 6.45) is 0.343. The van der Waals surface area contributed by atoms with Crippen molar-refractivity contribution in [3.8, 4) is 0 Å². The van der Waals surface area contributed by atoms with E-state index in [0.29, 0.717) is 5.71 Å². The predicted octanol–water partition coefficient (Wildman–Crippen LogP) is 0.211. The van der Waals surface area contributed by atoms with Crippen LogP contribution in [0.25, 0.3) is 0 Å². The van der Waals surface area contributed by atoms with Gasteiger partial charge in [0, 0.05) is 18.8 Å². The van der Waals surface area contributed by atoms with E-state index in [1.165, 1.54) is 0 Å². The third-order valence-corrected chi connectivity index (χ3v) is 4.83. The van der Waals surface area contributed by atoms with Gasteiger partial charge in [0.05, 0.1) is 37.7 Å². The summed E-state index contributed by atoms with van der Waals surface area (Å²) in [6, 6.07) is 7.85. The predicted molar refractivity (Wildman–Crippen MR) is 92.3 cm³/mol. The van der Waals surface area contributed by atoms with E-state index in [1.807, 2.05) is 24.3 Å². The molecule has 1 fully saturated rings. The number of morpholine rings is 1. The van der Waals surface area contributed by atoms with Gasteiger partial charge in [-0.05, 0) is 17.7 Å². The minimum absolute atomic E-state index is 0.178. The number of aliphatic hydroxyl groups excluding tert-OH is 1. The Hall–Kier alpha value is -1.68. The summed E-state index contributed by atoms with van der Waals surface area (Å²) in [5.74, 6) is -0.434. The largest absolute Gasteiger partial charge is 0.396 e. The lowest BCUT2D eigenvalue weighted by atomic mass is 9.93. The van der Waals surface area contributed by atoms with Gasteiger partial charge in [-0.3, -0.25) is 4.18 Å². The molecule has 2 heterocycles. The molecular formula is C16H22N2O6S. The molecule has 138 valence electrons. The summed E-state index contributed by atoms with van der Waals surface area (Å²) < 4.78 is 32.4. The minimum atomic E-state index is -3.57. The first-order chi connectivity index (χ1) is 12.0. The number of oxime groups is 1. The Balaban J connectivity index is 1.68. The monoisotopic (exact) mass is 370 g/mol. The molecule has 3 rings (SSSR count). The molecule has 1 aromatic rings. The second kappa shape index (κ2) is 7.69. The van der Waals surface area contributed by atoms with Crippen molar-refractivity contribution in [1.82, 2.24) is 0 Å². The Morgan fingerprint density at radius 3 is 2.56 bits per heavy atom. The SMILES string of the molecule is CS(=O)(=O)OCC1ON=C(c2ccc(N3CCOCC3)cc2)C1CO. The van der Waals surface area contributed by atoms with Crippen molar-refractivity contribution in [2.24, 2.45) is 11.1 Å². The second-order valence-electron chi connectivity index (χ2n) is 6.04. The Kier molecular flexibility index (Phi) is 5.57. The average Bonchev–Trinajstić information content (AvgIpc) is 3.03. The van der Waals surface area contributed by atoms with Crippen molar-refractivity contribution < 1.29 is 27.3 Å². The van der Waals surface area contributed by atoms with Crippen molar-refractivity contribution in [1.29, 1.82) is 0 Å². The summed E-state index contributed by atoms with van der Waals surface area (Å²) in [4.78, 5) is 7.52.